The molecule has 1 saturated carbocycles. The van der Waals surface area contributed by atoms with Gasteiger partial charge in [-0.1, -0.05) is 11.6 Å². The number of pyridine rings is 1. The van der Waals surface area contributed by atoms with E-state index in [4.69, 9.17) is 23.8 Å². The van der Waals surface area contributed by atoms with Gasteiger partial charge in [-0.15, -0.1) is 0 Å². The topological polar surface area (TPSA) is 63.6 Å². The predicted molar refractivity (Wildman–Crippen MR) is 111 cm³/mol. The van der Waals surface area contributed by atoms with Gasteiger partial charge in [-0.05, 0) is 25.8 Å². The summed E-state index contributed by atoms with van der Waals surface area (Å²) < 4.78 is 72.4. The molecule has 2 aromatic heterocycles. The highest BCUT2D eigenvalue weighted by Gasteiger charge is 2.58. The fraction of sp³-hybridized carbons (Fsp3) is 0.667. The molecule has 5 heterocycles. The molecule has 0 bridgehead atoms. The number of anilines is 1. The van der Waals surface area contributed by atoms with Gasteiger partial charge < -0.3 is 14.4 Å². The quantitative estimate of drug-likeness (QED) is 0.635. The van der Waals surface area contributed by atoms with Crippen molar-refractivity contribution in [1.29, 1.82) is 0 Å². The first kappa shape index (κ1) is 18.5. The van der Waals surface area contributed by atoms with Gasteiger partial charge in [0.15, 0.2) is 17.1 Å². The normalized spacial score (nSPS) is 35.8. The highest BCUT2D eigenvalue weighted by Crippen LogP contribution is 2.43. The van der Waals surface area contributed by atoms with Gasteiger partial charge in [0.05, 0.1) is 19.7 Å². The van der Waals surface area contributed by atoms with Crippen LogP contribution >= 0.6 is 11.6 Å². The molecule has 0 spiro atoms. The molecule has 0 N–H and O–H groups in total. The first-order valence-corrected chi connectivity index (χ1v) is 11.2. The molecule has 1 unspecified atom stereocenters. The number of aromatic nitrogens is 3. The van der Waals surface area contributed by atoms with Crippen molar-refractivity contribution in [2.45, 2.75) is 55.7 Å². The molecule has 7 nitrogen and oxygen atoms in total. The van der Waals surface area contributed by atoms with Gasteiger partial charge in [0.1, 0.15) is 30.2 Å². The number of rotatable bonds is 4. The molecule has 0 aromatic carbocycles. The number of hydrogen-bond donors (Lipinski definition) is 0. The number of halogens is 4. The molecule has 0 amide bonds. The van der Waals surface area contributed by atoms with Crippen LogP contribution in [-0.2, 0) is 4.74 Å². The van der Waals surface area contributed by atoms with E-state index in [9.17, 15) is 13.2 Å². The molecule has 5 atom stereocenters. The second kappa shape index (κ2) is 7.56. The average molecular weight is 472 g/mol. The number of ether oxygens (including phenoxy) is 2. The Bertz CT molecular complexity index is 1150. The lowest BCUT2D eigenvalue weighted by atomic mass is 9.95. The van der Waals surface area contributed by atoms with Crippen LogP contribution in [0.4, 0.5) is 19.0 Å². The summed E-state index contributed by atoms with van der Waals surface area (Å²) in [6.07, 6.45) is 0.0260. The summed E-state index contributed by atoms with van der Waals surface area (Å²) in [5, 5.41) is -0.200. The van der Waals surface area contributed by atoms with Crippen molar-refractivity contribution in [2.24, 2.45) is 0 Å². The summed E-state index contributed by atoms with van der Waals surface area (Å²) >= 11 is 5.89. The van der Waals surface area contributed by atoms with Crippen LogP contribution in [0.15, 0.2) is 6.20 Å². The van der Waals surface area contributed by atoms with Crippen molar-refractivity contribution in [3.05, 3.63) is 17.2 Å². The smallest absolute Gasteiger partial charge is 0.319 e. The van der Waals surface area contributed by atoms with Crippen molar-refractivity contribution in [3.8, 4) is 6.01 Å². The Balaban J connectivity index is 1.44. The highest BCUT2D eigenvalue weighted by molar-refractivity contribution is 6.30. The average Bonchev–Trinajstić information content (AvgIpc) is 3.14. The number of nitrogens with zero attached hydrogens (tertiary/aromatic N) is 5. The second-order valence-electron chi connectivity index (χ2n) is 8.86. The minimum Gasteiger partial charge on any atom is -0.461 e. The van der Waals surface area contributed by atoms with Crippen LogP contribution in [0, 0.1) is 5.82 Å². The standard InChI is InChI=1S/C21H23ClF3N5O2/c22-18-13(24)15-12(8-26-18)19(30-5-2-6-31-17-14(25)16(17)30)28-20(27-15)32-10-21-3-1-4-29(21)9-11(23)7-21/h8,11,14,16-17H,1-7,9-10H2/t11-,14+,16?,17+,21+/m1/s1/i10D2. The maximum Gasteiger partial charge on any atom is 0.319 e. The SMILES string of the molecule is [2H]C([2H])(Oc1nc(N2CCCO[C@@H]3C2[C@@H]3F)c2cnc(Cl)c(F)c2n1)[C@@]12CCCN1C[C@H](F)C2. The second-order valence-corrected chi connectivity index (χ2v) is 9.22. The Hall–Kier alpha value is -1.91. The van der Waals surface area contributed by atoms with Gasteiger partial charge in [0.2, 0.25) is 0 Å². The molecule has 11 heteroatoms. The summed E-state index contributed by atoms with van der Waals surface area (Å²) in [6.45, 7) is -0.871. The lowest BCUT2D eigenvalue weighted by Crippen LogP contribution is -2.43. The van der Waals surface area contributed by atoms with Gasteiger partial charge in [0.25, 0.3) is 0 Å². The van der Waals surface area contributed by atoms with Gasteiger partial charge in [-0.3, -0.25) is 4.90 Å². The lowest BCUT2D eigenvalue weighted by molar-refractivity contribution is 0.105. The van der Waals surface area contributed by atoms with Crippen molar-refractivity contribution >= 4 is 28.3 Å². The Morgan fingerprint density at radius 1 is 1.31 bits per heavy atom. The molecule has 0 radical (unpaired) electrons. The number of alkyl halides is 2. The maximum atomic E-state index is 15.0. The summed E-state index contributed by atoms with van der Waals surface area (Å²) in [7, 11) is 0. The molecule has 4 fully saturated rings. The minimum atomic E-state index is -2.35. The minimum absolute atomic E-state index is 0.0126. The largest absolute Gasteiger partial charge is 0.461 e. The third-order valence-corrected chi connectivity index (χ3v) is 7.12. The molecule has 172 valence electrons. The monoisotopic (exact) mass is 471 g/mol. The Morgan fingerprint density at radius 2 is 2.19 bits per heavy atom. The van der Waals surface area contributed by atoms with Gasteiger partial charge in [-0.2, -0.15) is 9.97 Å². The van der Waals surface area contributed by atoms with E-state index in [-0.39, 0.29) is 29.7 Å². The summed E-state index contributed by atoms with van der Waals surface area (Å²) in [5.41, 5.74) is -1.37. The number of fused-ring (bicyclic) bond motifs is 3. The van der Waals surface area contributed by atoms with Gasteiger partial charge in [0, 0.05) is 32.3 Å². The molecule has 2 aromatic rings. The molecule has 3 saturated heterocycles. The molecular weight excluding hydrogens is 447 g/mol. The van der Waals surface area contributed by atoms with Crippen LogP contribution in [0.25, 0.3) is 10.9 Å². The zero-order chi connectivity index (χ0) is 23.8. The first-order valence-electron chi connectivity index (χ1n) is 11.8. The summed E-state index contributed by atoms with van der Waals surface area (Å²) in [6, 6.07) is -1.02. The van der Waals surface area contributed by atoms with Crippen molar-refractivity contribution < 1.29 is 25.4 Å². The van der Waals surface area contributed by atoms with Gasteiger partial charge in [-0.25, -0.2) is 18.2 Å². The van der Waals surface area contributed by atoms with Crippen LogP contribution in [0.2, 0.25) is 5.15 Å². The molecule has 32 heavy (non-hydrogen) atoms. The maximum absolute atomic E-state index is 15.0. The molecule has 3 aliphatic heterocycles. The predicted octanol–water partition coefficient (Wildman–Crippen LogP) is 3.09. The Morgan fingerprint density at radius 3 is 3.06 bits per heavy atom. The third kappa shape index (κ3) is 3.21. The van der Waals surface area contributed by atoms with Crippen LogP contribution in [0.3, 0.4) is 0 Å². The fourth-order valence-electron chi connectivity index (χ4n) is 5.29. The molecule has 6 rings (SSSR count). The van der Waals surface area contributed by atoms with Crippen molar-refractivity contribution in [3.63, 3.8) is 0 Å². The molecule has 4 aliphatic rings. The summed E-state index contributed by atoms with van der Waals surface area (Å²) in [5.74, 6) is -0.733. The van der Waals surface area contributed by atoms with E-state index >= 15 is 0 Å². The van der Waals surface area contributed by atoms with Crippen molar-refractivity contribution in [1.82, 2.24) is 19.9 Å². The fourth-order valence-corrected chi connectivity index (χ4v) is 5.43. The van der Waals surface area contributed by atoms with E-state index in [1.165, 1.54) is 6.20 Å². The van der Waals surface area contributed by atoms with E-state index in [0.717, 1.165) is 0 Å². The highest BCUT2D eigenvalue weighted by atomic mass is 35.5. The van der Waals surface area contributed by atoms with E-state index in [1.54, 1.807) is 9.80 Å². The van der Waals surface area contributed by atoms with E-state index in [0.29, 0.717) is 39.0 Å². The van der Waals surface area contributed by atoms with Crippen molar-refractivity contribution in [2.75, 3.05) is 37.7 Å². The number of hydrogen-bond acceptors (Lipinski definition) is 7. The zero-order valence-electron chi connectivity index (χ0n) is 19.1. The Kier molecular flexibility index (Phi) is 4.37. The van der Waals surface area contributed by atoms with Crippen LogP contribution < -0.4 is 9.64 Å². The van der Waals surface area contributed by atoms with E-state index in [2.05, 4.69) is 15.0 Å². The Labute approximate surface area is 190 Å². The van der Waals surface area contributed by atoms with E-state index < -0.39 is 53.6 Å². The molecular formula is C21H23ClF3N5O2. The zero-order valence-corrected chi connectivity index (χ0v) is 17.9. The third-order valence-electron chi connectivity index (χ3n) is 6.86. The van der Waals surface area contributed by atoms with Gasteiger partial charge >= 0.3 is 6.01 Å². The molecule has 1 aliphatic carbocycles. The lowest BCUT2D eigenvalue weighted by Gasteiger charge is -2.31. The van der Waals surface area contributed by atoms with Crippen LogP contribution in [0.1, 0.15) is 28.4 Å². The first-order chi connectivity index (χ1) is 16.2. The van der Waals surface area contributed by atoms with Crippen LogP contribution in [-0.4, -0.2) is 82.7 Å². The van der Waals surface area contributed by atoms with Crippen LogP contribution in [0.5, 0.6) is 6.01 Å². The summed E-state index contributed by atoms with van der Waals surface area (Å²) in [4.78, 5) is 15.8. The van der Waals surface area contributed by atoms with E-state index in [1.807, 2.05) is 0 Å².